The second-order valence-electron chi connectivity index (χ2n) is 5.45. The number of aryl methyl sites for hydroxylation is 3. The molecule has 98 valence electrons. The summed E-state index contributed by atoms with van der Waals surface area (Å²) < 4.78 is 0. The Morgan fingerprint density at radius 2 is 1.63 bits per heavy atom. The van der Waals surface area contributed by atoms with E-state index in [1.165, 1.54) is 47.1 Å². The summed E-state index contributed by atoms with van der Waals surface area (Å²) in [4.78, 5) is 0. The van der Waals surface area contributed by atoms with Gasteiger partial charge in [-0.1, -0.05) is 49.4 Å². The van der Waals surface area contributed by atoms with Gasteiger partial charge in [-0.05, 0) is 53.5 Å². The van der Waals surface area contributed by atoms with Crippen LogP contribution in [0.2, 0.25) is 0 Å². The molecule has 0 radical (unpaired) electrons. The summed E-state index contributed by atoms with van der Waals surface area (Å²) in [5.74, 6) is 0. The van der Waals surface area contributed by atoms with Crippen LogP contribution in [0.15, 0.2) is 42.5 Å². The normalized spacial score (nSPS) is 15.3. The van der Waals surface area contributed by atoms with E-state index in [1.54, 1.807) is 0 Å². The van der Waals surface area contributed by atoms with Gasteiger partial charge in [-0.25, -0.2) is 0 Å². The molecule has 19 heavy (non-hydrogen) atoms. The van der Waals surface area contributed by atoms with Crippen molar-refractivity contribution in [2.75, 3.05) is 0 Å². The van der Waals surface area contributed by atoms with Gasteiger partial charge in [0.25, 0.3) is 0 Å². The van der Waals surface area contributed by atoms with Crippen molar-refractivity contribution in [3.8, 4) is 0 Å². The quantitative estimate of drug-likeness (QED) is 0.882. The lowest BCUT2D eigenvalue weighted by atomic mass is 9.95. The summed E-state index contributed by atoms with van der Waals surface area (Å²) >= 11 is 0. The summed E-state index contributed by atoms with van der Waals surface area (Å²) in [7, 11) is 0. The fraction of sp³-hybridized carbons (Fsp3) is 0.333. The van der Waals surface area contributed by atoms with E-state index in [2.05, 4.69) is 49.4 Å². The number of benzene rings is 2. The van der Waals surface area contributed by atoms with E-state index in [0.717, 1.165) is 6.42 Å². The highest BCUT2D eigenvalue weighted by Crippen LogP contribution is 2.27. The van der Waals surface area contributed by atoms with Gasteiger partial charge in [-0.3, -0.25) is 0 Å². The molecule has 0 heterocycles. The average molecular weight is 251 g/mol. The molecular formula is C18H21N. The van der Waals surface area contributed by atoms with Gasteiger partial charge in [0, 0.05) is 0 Å². The molecule has 1 aliphatic carbocycles. The van der Waals surface area contributed by atoms with Crippen molar-refractivity contribution in [3.63, 3.8) is 0 Å². The van der Waals surface area contributed by atoms with Crippen molar-refractivity contribution >= 4 is 0 Å². The van der Waals surface area contributed by atoms with E-state index < -0.39 is 0 Å². The van der Waals surface area contributed by atoms with Crippen molar-refractivity contribution in [1.82, 2.24) is 0 Å². The molecule has 1 atom stereocenters. The molecule has 1 unspecified atom stereocenters. The Bertz CT molecular complexity index is 569. The predicted octanol–water partition coefficient (Wildman–Crippen LogP) is 3.79. The monoisotopic (exact) mass is 251 g/mol. The Hall–Kier alpha value is -1.60. The molecule has 2 aromatic carbocycles. The zero-order valence-corrected chi connectivity index (χ0v) is 11.5. The van der Waals surface area contributed by atoms with E-state index in [-0.39, 0.29) is 6.04 Å². The summed E-state index contributed by atoms with van der Waals surface area (Å²) in [5, 5.41) is 0. The fourth-order valence-electron chi connectivity index (χ4n) is 2.94. The summed E-state index contributed by atoms with van der Waals surface area (Å²) in [6.07, 6.45) is 4.81. The average Bonchev–Trinajstić information content (AvgIpc) is 2.94. The van der Waals surface area contributed by atoms with Crippen LogP contribution in [0.4, 0.5) is 0 Å². The molecule has 0 aliphatic heterocycles. The Morgan fingerprint density at radius 1 is 0.947 bits per heavy atom. The second kappa shape index (κ2) is 5.18. The van der Waals surface area contributed by atoms with E-state index in [1.807, 2.05) is 0 Å². The minimum atomic E-state index is -0.00296. The van der Waals surface area contributed by atoms with Crippen LogP contribution >= 0.6 is 0 Å². The maximum absolute atomic E-state index is 6.40. The topological polar surface area (TPSA) is 26.0 Å². The molecule has 1 nitrogen and oxygen atoms in total. The van der Waals surface area contributed by atoms with E-state index in [9.17, 15) is 0 Å². The lowest BCUT2D eigenvalue weighted by Gasteiger charge is -2.14. The molecule has 2 aromatic rings. The predicted molar refractivity (Wildman–Crippen MR) is 80.3 cm³/mol. The molecule has 3 rings (SSSR count). The Labute approximate surface area is 115 Å². The minimum absolute atomic E-state index is 0.00296. The Morgan fingerprint density at radius 3 is 2.37 bits per heavy atom. The number of rotatable bonds is 3. The van der Waals surface area contributed by atoms with Gasteiger partial charge < -0.3 is 5.73 Å². The van der Waals surface area contributed by atoms with Crippen LogP contribution < -0.4 is 5.73 Å². The zero-order chi connectivity index (χ0) is 13.2. The van der Waals surface area contributed by atoms with Crippen LogP contribution in [0.25, 0.3) is 0 Å². The van der Waals surface area contributed by atoms with Crippen LogP contribution in [0.1, 0.15) is 47.2 Å². The zero-order valence-electron chi connectivity index (χ0n) is 11.5. The maximum Gasteiger partial charge on any atom is 0.0551 e. The van der Waals surface area contributed by atoms with E-state index in [0.29, 0.717) is 0 Å². The fourth-order valence-corrected chi connectivity index (χ4v) is 2.94. The maximum atomic E-state index is 6.40. The second-order valence-corrected chi connectivity index (χ2v) is 5.45. The van der Waals surface area contributed by atoms with E-state index in [4.69, 9.17) is 5.73 Å². The number of hydrogen-bond donors (Lipinski definition) is 1. The van der Waals surface area contributed by atoms with E-state index >= 15 is 0 Å². The van der Waals surface area contributed by atoms with Gasteiger partial charge in [0.15, 0.2) is 0 Å². The van der Waals surface area contributed by atoms with Gasteiger partial charge in [0.05, 0.1) is 6.04 Å². The molecular weight excluding hydrogens is 230 g/mol. The first kappa shape index (κ1) is 12.4. The minimum Gasteiger partial charge on any atom is -0.320 e. The third-order valence-electron chi connectivity index (χ3n) is 4.23. The largest absolute Gasteiger partial charge is 0.320 e. The highest BCUT2D eigenvalue weighted by Gasteiger charge is 2.14. The van der Waals surface area contributed by atoms with Crippen molar-refractivity contribution in [1.29, 1.82) is 0 Å². The van der Waals surface area contributed by atoms with Crippen LogP contribution in [0.5, 0.6) is 0 Å². The SMILES string of the molecule is CCc1ccc(C(N)c2ccc3c(c2)CCC3)cc1. The molecule has 1 aliphatic rings. The number of fused-ring (bicyclic) bond motifs is 1. The molecule has 0 bridgehead atoms. The lowest BCUT2D eigenvalue weighted by Crippen LogP contribution is -2.12. The van der Waals surface area contributed by atoms with Gasteiger partial charge >= 0.3 is 0 Å². The standard InChI is InChI=1S/C18H21N/c1-2-13-6-8-15(9-7-13)18(19)17-11-10-14-4-3-5-16(14)12-17/h6-12,18H,2-5,19H2,1H3. The molecule has 0 fully saturated rings. The molecule has 0 aromatic heterocycles. The van der Waals surface area contributed by atoms with Crippen LogP contribution in [-0.4, -0.2) is 0 Å². The molecule has 0 amide bonds. The molecule has 2 N–H and O–H groups in total. The number of nitrogens with two attached hydrogens (primary N) is 1. The highest BCUT2D eigenvalue weighted by atomic mass is 14.6. The Kier molecular flexibility index (Phi) is 3.39. The van der Waals surface area contributed by atoms with Crippen molar-refractivity contribution in [3.05, 3.63) is 70.3 Å². The molecule has 0 spiro atoms. The van der Waals surface area contributed by atoms with Gasteiger partial charge in [-0.15, -0.1) is 0 Å². The first-order valence-corrected chi connectivity index (χ1v) is 7.24. The van der Waals surface area contributed by atoms with Gasteiger partial charge in [0.1, 0.15) is 0 Å². The third kappa shape index (κ3) is 2.43. The third-order valence-corrected chi connectivity index (χ3v) is 4.23. The first-order chi connectivity index (χ1) is 9.28. The van der Waals surface area contributed by atoms with Gasteiger partial charge in [-0.2, -0.15) is 0 Å². The Balaban J connectivity index is 1.88. The number of hydrogen-bond acceptors (Lipinski definition) is 1. The van der Waals surface area contributed by atoms with Crippen LogP contribution in [0, 0.1) is 0 Å². The van der Waals surface area contributed by atoms with Crippen molar-refractivity contribution in [2.24, 2.45) is 5.73 Å². The lowest BCUT2D eigenvalue weighted by molar-refractivity contribution is 0.865. The molecule has 0 saturated heterocycles. The van der Waals surface area contributed by atoms with Crippen molar-refractivity contribution < 1.29 is 0 Å². The summed E-state index contributed by atoms with van der Waals surface area (Å²) in [6, 6.07) is 15.5. The van der Waals surface area contributed by atoms with Crippen LogP contribution in [-0.2, 0) is 19.3 Å². The molecule has 1 heteroatoms. The van der Waals surface area contributed by atoms with Crippen molar-refractivity contribution in [2.45, 2.75) is 38.6 Å². The van der Waals surface area contributed by atoms with Gasteiger partial charge in [0.2, 0.25) is 0 Å². The van der Waals surface area contributed by atoms with Crippen LogP contribution in [0.3, 0.4) is 0 Å². The highest BCUT2D eigenvalue weighted by molar-refractivity contribution is 5.40. The smallest absolute Gasteiger partial charge is 0.0551 e. The molecule has 0 saturated carbocycles. The summed E-state index contributed by atoms with van der Waals surface area (Å²) in [6.45, 7) is 2.18. The first-order valence-electron chi connectivity index (χ1n) is 7.24. The summed E-state index contributed by atoms with van der Waals surface area (Å²) in [5.41, 5.74) is 13.2.